The lowest BCUT2D eigenvalue weighted by molar-refractivity contribution is -0.113. The number of aromatic nitrogens is 2. The minimum atomic E-state index is -0.177. The minimum Gasteiger partial charge on any atom is -0.382 e. The van der Waals surface area contributed by atoms with Crippen LogP contribution in [0.5, 0.6) is 0 Å². The standard InChI is InChI=1S/C17H12BrN5OS/c18-13-5-6-14(12-4-2-1-3-11(12)13)22-15(24)9-25-17-21-8-10(7-19)16(20)23-17/h1-6,8H,9H2,(H,22,24)(H2,20,21,23). The highest BCUT2D eigenvalue weighted by Gasteiger charge is 2.10. The number of nitrogens with one attached hydrogen (secondary N) is 1. The van der Waals surface area contributed by atoms with Gasteiger partial charge in [-0.05, 0) is 17.5 Å². The Balaban J connectivity index is 1.70. The second-order valence-corrected chi connectivity index (χ2v) is 6.84. The number of carbonyl (C=O) groups is 1. The number of hydrogen-bond acceptors (Lipinski definition) is 6. The molecular weight excluding hydrogens is 402 g/mol. The maximum atomic E-state index is 12.2. The minimum absolute atomic E-state index is 0.110. The molecule has 0 atom stereocenters. The number of fused-ring (bicyclic) bond motifs is 1. The monoisotopic (exact) mass is 413 g/mol. The molecule has 2 aromatic carbocycles. The van der Waals surface area contributed by atoms with Crippen LogP contribution < -0.4 is 11.1 Å². The van der Waals surface area contributed by atoms with E-state index in [-0.39, 0.29) is 23.0 Å². The molecule has 1 aromatic heterocycles. The quantitative estimate of drug-likeness (QED) is 0.500. The van der Waals surface area contributed by atoms with Gasteiger partial charge in [0.2, 0.25) is 5.91 Å². The van der Waals surface area contributed by atoms with Crippen LogP contribution >= 0.6 is 27.7 Å². The molecule has 8 heteroatoms. The largest absolute Gasteiger partial charge is 0.382 e. The zero-order valence-corrected chi connectivity index (χ0v) is 15.3. The summed E-state index contributed by atoms with van der Waals surface area (Å²) in [7, 11) is 0. The van der Waals surface area contributed by atoms with E-state index in [1.54, 1.807) is 0 Å². The van der Waals surface area contributed by atoms with Crippen molar-refractivity contribution in [2.75, 3.05) is 16.8 Å². The Labute approximate surface area is 156 Å². The van der Waals surface area contributed by atoms with Crippen molar-refractivity contribution in [3.8, 4) is 6.07 Å². The van der Waals surface area contributed by atoms with Crippen LogP contribution in [-0.2, 0) is 4.79 Å². The molecule has 0 aliphatic carbocycles. The van der Waals surface area contributed by atoms with E-state index in [2.05, 4.69) is 31.2 Å². The van der Waals surface area contributed by atoms with Gasteiger partial charge in [-0.1, -0.05) is 52.0 Å². The lowest BCUT2D eigenvalue weighted by Gasteiger charge is -2.10. The highest BCUT2D eigenvalue weighted by Crippen LogP contribution is 2.30. The first kappa shape index (κ1) is 17.2. The van der Waals surface area contributed by atoms with Crippen LogP contribution in [0.4, 0.5) is 11.5 Å². The molecule has 0 unspecified atom stereocenters. The van der Waals surface area contributed by atoms with Gasteiger partial charge in [0.25, 0.3) is 0 Å². The van der Waals surface area contributed by atoms with Crippen molar-refractivity contribution in [2.24, 2.45) is 0 Å². The molecule has 0 bridgehead atoms. The lowest BCUT2D eigenvalue weighted by atomic mass is 10.1. The van der Waals surface area contributed by atoms with Crippen LogP contribution in [0.1, 0.15) is 5.56 Å². The predicted octanol–water partition coefficient (Wildman–Crippen LogP) is 3.58. The van der Waals surface area contributed by atoms with E-state index < -0.39 is 0 Å². The van der Waals surface area contributed by atoms with E-state index in [9.17, 15) is 4.79 Å². The van der Waals surface area contributed by atoms with E-state index in [1.165, 1.54) is 6.20 Å². The smallest absolute Gasteiger partial charge is 0.234 e. The van der Waals surface area contributed by atoms with E-state index in [4.69, 9.17) is 11.0 Å². The summed E-state index contributed by atoms with van der Waals surface area (Å²) >= 11 is 4.67. The first-order valence-corrected chi connectivity index (χ1v) is 8.99. The number of anilines is 2. The number of nitrogens with two attached hydrogens (primary N) is 1. The average Bonchev–Trinajstić information content (AvgIpc) is 2.63. The van der Waals surface area contributed by atoms with Gasteiger partial charge in [-0.3, -0.25) is 4.79 Å². The van der Waals surface area contributed by atoms with Gasteiger partial charge in [0.1, 0.15) is 17.5 Å². The fourth-order valence-electron chi connectivity index (χ4n) is 2.22. The maximum Gasteiger partial charge on any atom is 0.234 e. The maximum absolute atomic E-state index is 12.2. The van der Waals surface area contributed by atoms with Gasteiger partial charge in [0, 0.05) is 15.5 Å². The summed E-state index contributed by atoms with van der Waals surface area (Å²) in [5.74, 6) is 0.0683. The Bertz CT molecular complexity index is 1000. The van der Waals surface area contributed by atoms with Crippen LogP contribution in [0.15, 0.2) is 52.2 Å². The molecule has 1 amide bonds. The Kier molecular flexibility index (Phi) is 5.16. The lowest BCUT2D eigenvalue weighted by Crippen LogP contribution is -2.14. The molecule has 0 saturated heterocycles. The summed E-state index contributed by atoms with van der Waals surface area (Å²) in [6.45, 7) is 0. The molecule has 0 spiro atoms. The number of carbonyl (C=O) groups excluding carboxylic acids is 1. The Morgan fingerprint density at radius 1 is 1.28 bits per heavy atom. The van der Waals surface area contributed by atoms with Crippen molar-refractivity contribution in [2.45, 2.75) is 5.16 Å². The zero-order chi connectivity index (χ0) is 17.8. The van der Waals surface area contributed by atoms with Gasteiger partial charge in [0.05, 0.1) is 11.9 Å². The number of nitriles is 1. The highest BCUT2D eigenvalue weighted by atomic mass is 79.9. The number of halogens is 1. The molecule has 124 valence electrons. The zero-order valence-electron chi connectivity index (χ0n) is 12.9. The fraction of sp³-hybridized carbons (Fsp3) is 0.0588. The van der Waals surface area contributed by atoms with E-state index >= 15 is 0 Å². The summed E-state index contributed by atoms with van der Waals surface area (Å²) in [5, 5.41) is 14.0. The average molecular weight is 414 g/mol. The van der Waals surface area contributed by atoms with Gasteiger partial charge in [-0.15, -0.1) is 0 Å². The second-order valence-electron chi connectivity index (χ2n) is 5.04. The molecule has 25 heavy (non-hydrogen) atoms. The third-order valence-electron chi connectivity index (χ3n) is 3.39. The van der Waals surface area contributed by atoms with Crippen LogP contribution in [0.2, 0.25) is 0 Å². The predicted molar refractivity (Wildman–Crippen MR) is 102 cm³/mol. The summed E-state index contributed by atoms with van der Waals surface area (Å²) in [5.41, 5.74) is 6.60. The summed E-state index contributed by atoms with van der Waals surface area (Å²) in [4.78, 5) is 20.3. The molecule has 0 saturated carbocycles. The molecule has 3 aromatic rings. The molecule has 6 nitrogen and oxygen atoms in total. The van der Waals surface area contributed by atoms with E-state index in [1.807, 2.05) is 42.5 Å². The van der Waals surface area contributed by atoms with Gasteiger partial charge < -0.3 is 11.1 Å². The molecule has 0 fully saturated rings. The number of amides is 1. The number of thioether (sulfide) groups is 1. The van der Waals surface area contributed by atoms with Crippen LogP contribution in [0, 0.1) is 11.3 Å². The highest BCUT2D eigenvalue weighted by molar-refractivity contribution is 9.10. The van der Waals surface area contributed by atoms with Crippen molar-refractivity contribution in [3.63, 3.8) is 0 Å². The fourth-order valence-corrected chi connectivity index (χ4v) is 3.32. The van der Waals surface area contributed by atoms with E-state index in [0.29, 0.717) is 5.16 Å². The van der Waals surface area contributed by atoms with Gasteiger partial charge in [-0.25, -0.2) is 9.97 Å². The molecule has 0 radical (unpaired) electrons. The second kappa shape index (κ2) is 7.51. The third kappa shape index (κ3) is 3.90. The Morgan fingerprint density at radius 2 is 2.04 bits per heavy atom. The van der Waals surface area contributed by atoms with Crippen LogP contribution in [-0.4, -0.2) is 21.6 Å². The van der Waals surface area contributed by atoms with E-state index in [0.717, 1.165) is 32.7 Å². The summed E-state index contributed by atoms with van der Waals surface area (Å²) in [6.07, 6.45) is 1.35. The first-order chi connectivity index (χ1) is 12.1. The summed E-state index contributed by atoms with van der Waals surface area (Å²) in [6, 6.07) is 13.5. The van der Waals surface area contributed by atoms with Crippen LogP contribution in [0.3, 0.4) is 0 Å². The topological polar surface area (TPSA) is 105 Å². The van der Waals surface area contributed by atoms with Crippen molar-refractivity contribution in [1.82, 2.24) is 9.97 Å². The van der Waals surface area contributed by atoms with Crippen molar-refractivity contribution in [3.05, 3.63) is 52.6 Å². The molecular formula is C17H12BrN5OS. The molecule has 3 rings (SSSR count). The SMILES string of the molecule is N#Cc1cnc(SCC(=O)Nc2ccc(Br)c3ccccc23)nc1N. The Hall–Kier alpha value is -2.63. The van der Waals surface area contributed by atoms with Gasteiger partial charge in [0.15, 0.2) is 5.16 Å². The number of nitrogen functional groups attached to an aromatic ring is 1. The van der Waals surface area contributed by atoms with Gasteiger partial charge in [-0.2, -0.15) is 5.26 Å². The molecule has 3 N–H and O–H groups in total. The Morgan fingerprint density at radius 3 is 2.76 bits per heavy atom. The number of hydrogen-bond donors (Lipinski definition) is 2. The molecule has 1 heterocycles. The normalized spacial score (nSPS) is 10.4. The molecule has 0 aliphatic rings. The van der Waals surface area contributed by atoms with Crippen LogP contribution in [0.25, 0.3) is 10.8 Å². The van der Waals surface area contributed by atoms with Crippen molar-refractivity contribution >= 4 is 55.9 Å². The summed E-state index contributed by atoms with van der Waals surface area (Å²) < 4.78 is 0.969. The molecule has 0 aliphatic heterocycles. The third-order valence-corrected chi connectivity index (χ3v) is 4.95. The van der Waals surface area contributed by atoms with Gasteiger partial charge >= 0.3 is 0 Å². The number of rotatable bonds is 4. The number of nitrogens with zero attached hydrogens (tertiary/aromatic N) is 3. The van der Waals surface area contributed by atoms with Crippen molar-refractivity contribution in [1.29, 1.82) is 5.26 Å². The number of benzene rings is 2. The first-order valence-electron chi connectivity index (χ1n) is 7.21. The van der Waals surface area contributed by atoms with Crippen molar-refractivity contribution < 1.29 is 4.79 Å².